The molecule has 0 spiro atoms. The van der Waals surface area contributed by atoms with Crippen LogP contribution in [0.25, 0.3) is 0 Å². The molecule has 1 aliphatic heterocycles. The number of carboxylic acid groups (broad SMARTS) is 1. The molecule has 0 amide bonds. The Morgan fingerprint density at radius 2 is 2.05 bits per heavy atom. The second-order valence-electron chi connectivity index (χ2n) is 5.63. The van der Waals surface area contributed by atoms with E-state index in [0.717, 1.165) is 18.4 Å². The highest BCUT2D eigenvalue weighted by molar-refractivity contribution is 7.89. The quantitative estimate of drug-likeness (QED) is 0.926. The van der Waals surface area contributed by atoms with Gasteiger partial charge in [0, 0.05) is 12.6 Å². The molecule has 6 heteroatoms. The Balaban J connectivity index is 2.38. The first-order chi connectivity index (χ1) is 9.82. The van der Waals surface area contributed by atoms with Gasteiger partial charge in [-0.05, 0) is 38.3 Å². The minimum Gasteiger partial charge on any atom is -0.481 e. The number of sulfonamides is 1. The molecule has 1 heterocycles. The molecule has 0 bridgehead atoms. The standard InChI is InChI=1S/C15H21NO4S/c1-11-6-7-14(12(2)9-11)21(19,20)16-8-4-3-5-13(16)10-15(17)18/h6-7,9,13H,3-5,8,10H2,1-2H3,(H,17,18). The second-order valence-corrected chi connectivity index (χ2v) is 7.49. The van der Waals surface area contributed by atoms with Crippen LogP contribution < -0.4 is 0 Å². The van der Waals surface area contributed by atoms with E-state index < -0.39 is 22.0 Å². The Kier molecular flexibility index (Phi) is 4.68. The van der Waals surface area contributed by atoms with Gasteiger partial charge in [0.05, 0.1) is 11.3 Å². The number of nitrogens with zero attached hydrogens (tertiary/aromatic N) is 1. The minimum absolute atomic E-state index is 0.135. The number of hydrogen-bond acceptors (Lipinski definition) is 3. The van der Waals surface area contributed by atoms with Crippen molar-refractivity contribution in [2.75, 3.05) is 6.54 Å². The summed E-state index contributed by atoms with van der Waals surface area (Å²) < 4.78 is 27.1. The molecule has 1 aromatic carbocycles. The van der Waals surface area contributed by atoms with E-state index in [9.17, 15) is 13.2 Å². The summed E-state index contributed by atoms with van der Waals surface area (Å²) in [5.74, 6) is -0.956. The maximum absolute atomic E-state index is 12.8. The number of benzene rings is 1. The minimum atomic E-state index is -3.63. The predicted molar refractivity (Wildman–Crippen MR) is 79.7 cm³/mol. The van der Waals surface area contributed by atoms with Gasteiger partial charge in [0.15, 0.2) is 0 Å². The third kappa shape index (κ3) is 3.44. The van der Waals surface area contributed by atoms with Crippen LogP contribution in [0.3, 0.4) is 0 Å². The molecular formula is C15H21NO4S. The van der Waals surface area contributed by atoms with Crippen molar-refractivity contribution in [3.05, 3.63) is 29.3 Å². The molecule has 1 fully saturated rings. The maximum atomic E-state index is 12.8. The summed E-state index contributed by atoms with van der Waals surface area (Å²) in [7, 11) is -3.63. The van der Waals surface area contributed by atoms with E-state index >= 15 is 0 Å². The molecule has 0 radical (unpaired) electrons. The number of aryl methyl sites for hydroxylation is 2. The first-order valence-electron chi connectivity index (χ1n) is 7.13. The first-order valence-corrected chi connectivity index (χ1v) is 8.57. The molecule has 1 aromatic rings. The van der Waals surface area contributed by atoms with Crippen molar-refractivity contribution in [3.8, 4) is 0 Å². The summed E-state index contributed by atoms with van der Waals surface area (Å²) in [5.41, 5.74) is 1.71. The van der Waals surface area contributed by atoms with Crippen molar-refractivity contribution in [3.63, 3.8) is 0 Å². The molecule has 116 valence electrons. The molecule has 1 N–H and O–H groups in total. The van der Waals surface area contributed by atoms with Crippen LogP contribution in [0, 0.1) is 13.8 Å². The van der Waals surface area contributed by atoms with Crippen LogP contribution >= 0.6 is 0 Å². The van der Waals surface area contributed by atoms with Crippen LogP contribution in [-0.2, 0) is 14.8 Å². The third-order valence-corrected chi connectivity index (χ3v) is 6.01. The molecule has 1 saturated heterocycles. The van der Waals surface area contributed by atoms with Gasteiger partial charge in [-0.25, -0.2) is 8.42 Å². The van der Waals surface area contributed by atoms with Crippen molar-refractivity contribution in [2.45, 2.75) is 50.5 Å². The highest BCUT2D eigenvalue weighted by atomic mass is 32.2. The number of carbonyl (C=O) groups is 1. The average molecular weight is 311 g/mol. The summed E-state index contributed by atoms with van der Waals surface area (Å²) in [4.78, 5) is 11.2. The molecular weight excluding hydrogens is 290 g/mol. The molecule has 0 aliphatic carbocycles. The molecule has 1 unspecified atom stereocenters. The van der Waals surface area contributed by atoms with Crippen LogP contribution in [0.2, 0.25) is 0 Å². The van der Waals surface area contributed by atoms with Gasteiger partial charge >= 0.3 is 5.97 Å². The maximum Gasteiger partial charge on any atom is 0.304 e. The largest absolute Gasteiger partial charge is 0.481 e. The topological polar surface area (TPSA) is 74.7 Å². The smallest absolute Gasteiger partial charge is 0.304 e. The van der Waals surface area contributed by atoms with Crippen molar-refractivity contribution in [2.24, 2.45) is 0 Å². The lowest BCUT2D eigenvalue weighted by molar-refractivity contribution is -0.138. The van der Waals surface area contributed by atoms with Gasteiger partial charge in [-0.2, -0.15) is 4.31 Å². The molecule has 5 nitrogen and oxygen atoms in total. The number of piperidine rings is 1. The van der Waals surface area contributed by atoms with Gasteiger partial charge in [0.1, 0.15) is 0 Å². The summed E-state index contributed by atoms with van der Waals surface area (Å²) >= 11 is 0. The summed E-state index contributed by atoms with van der Waals surface area (Å²) in [6.45, 7) is 4.08. The van der Waals surface area contributed by atoms with Crippen LogP contribution in [0.4, 0.5) is 0 Å². The summed E-state index contributed by atoms with van der Waals surface area (Å²) in [5, 5.41) is 8.99. The second kappa shape index (κ2) is 6.15. The van der Waals surface area contributed by atoms with Crippen LogP contribution in [0.5, 0.6) is 0 Å². The highest BCUT2D eigenvalue weighted by Gasteiger charge is 2.35. The molecule has 0 saturated carbocycles. The SMILES string of the molecule is Cc1ccc(S(=O)(=O)N2CCCCC2CC(=O)O)c(C)c1. The van der Waals surface area contributed by atoms with Crippen LogP contribution in [0.15, 0.2) is 23.1 Å². The highest BCUT2D eigenvalue weighted by Crippen LogP contribution is 2.28. The predicted octanol–water partition coefficient (Wildman–Crippen LogP) is 2.32. The molecule has 2 rings (SSSR count). The zero-order valence-corrected chi connectivity index (χ0v) is 13.2. The summed E-state index contributed by atoms with van der Waals surface area (Å²) in [6, 6.07) is 4.79. The zero-order chi connectivity index (χ0) is 15.6. The van der Waals surface area contributed by atoms with Gasteiger partial charge in [-0.15, -0.1) is 0 Å². The fourth-order valence-electron chi connectivity index (χ4n) is 2.91. The molecule has 1 aliphatic rings. The average Bonchev–Trinajstić information content (AvgIpc) is 2.37. The van der Waals surface area contributed by atoms with Crippen molar-refractivity contribution in [1.82, 2.24) is 4.31 Å². The van der Waals surface area contributed by atoms with Crippen molar-refractivity contribution < 1.29 is 18.3 Å². The fourth-order valence-corrected chi connectivity index (χ4v) is 4.81. The lowest BCUT2D eigenvalue weighted by Crippen LogP contribution is -2.44. The molecule has 0 aromatic heterocycles. The van der Waals surface area contributed by atoms with Gasteiger partial charge in [-0.1, -0.05) is 24.1 Å². The number of aliphatic carboxylic acids is 1. The van der Waals surface area contributed by atoms with Gasteiger partial charge < -0.3 is 5.11 Å². The van der Waals surface area contributed by atoms with E-state index in [1.165, 1.54) is 4.31 Å². The van der Waals surface area contributed by atoms with E-state index in [0.29, 0.717) is 18.5 Å². The van der Waals surface area contributed by atoms with E-state index in [4.69, 9.17) is 5.11 Å². The zero-order valence-electron chi connectivity index (χ0n) is 12.4. The Labute approximate surface area is 125 Å². The van der Waals surface area contributed by atoms with Crippen LogP contribution in [0.1, 0.15) is 36.8 Å². The van der Waals surface area contributed by atoms with Crippen molar-refractivity contribution >= 4 is 16.0 Å². The van der Waals surface area contributed by atoms with E-state index in [2.05, 4.69) is 0 Å². The number of rotatable bonds is 4. The lowest BCUT2D eigenvalue weighted by Gasteiger charge is -2.34. The fraction of sp³-hybridized carbons (Fsp3) is 0.533. The van der Waals surface area contributed by atoms with Gasteiger partial charge in [-0.3, -0.25) is 4.79 Å². The van der Waals surface area contributed by atoms with E-state index in [-0.39, 0.29) is 11.3 Å². The Bertz CT molecular complexity index is 639. The van der Waals surface area contributed by atoms with E-state index in [1.54, 1.807) is 19.1 Å². The Morgan fingerprint density at radius 1 is 1.33 bits per heavy atom. The number of hydrogen-bond donors (Lipinski definition) is 1. The van der Waals surface area contributed by atoms with Gasteiger partial charge in [0.2, 0.25) is 10.0 Å². The normalized spacial score (nSPS) is 20.4. The summed E-state index contributed by atoms with van der Waals surface area (Å²) in [6.07, 6.45) is 2.12. The van der Waals surface area contributed by atoms with Crippen molar-refractivity contribution in [1.29, 1.82) is 0 Å². The first kappa shape index (κ1) is 16.0. The number of carboxylic acids is 1. The Hall–Kier alpha value is -1.40. The van der Waals surface area contributed by atoms with Crippen LogP contribution in [-0.4, -0.2) is 36.4 Å². The van der Waals surface area contributed by atoms with Gasteiger partial charge in [0.25, 0.3) is 0 Å². The lowest BCUT2D eigenvalue weighted by atomic mass is 10.0. The monoisotopic (exact) mass is 311 g/mol. The molecule has 21 heavy (non-hydrogen) atoms. The third-order valence-electron chi connectivity index (χ3n) is 3.90. The molecule has 1 atom stereocenters. The Morgan fingerprint density at radius 3 is 2.67 bits per heavy atom. The van der Waals surface area contributed by atoms with E-state index in [1.807, 2.05) is 13.0 Å².